The van der Waals surface area contributed by atoms with Crippen LogP contribution in [0.15, 0.2) is 47.3 Å². The molecule has 0 saturated heterocycles. The van der Waals surface area contributed by atoms with Crippen molar-refractivity contribution in [3.63, 3.8) is 0 Å². The highest BCUT2D eigenvalue weighted by molar-refractivity contribution is 5.62. The number of benzene rings is 1. The van der Waals surface area contributed by atoms with Crippen LogP contribution in [0.4, 0.5) is 0 Å². The van der Waals surface area contributed by atoms with E-state index in [2.05, 4.69) is 36.5 Å². The molecule has 1 aromatic carbocycles. The van der Waals surface area contributed by atoms with E-state index in [0.29, 0.717) is 6.04 Å². The molecule has 1 N–H and O–H groups in total. The van der Waals surface area contributed by atoms with E-state index in [1.54, 1.807) is 12.5 Å². The molecule has 1 heterocycles. The van der Waals surface area contributed by atoms with Crippen LogP contribution in [0.25, 0.3) is 11.1 Å². The van der Waals surface area contributed by atoms with E-state index >= 15 is 0 Å². The highest BCUT2D eigenvalue weighted by Crippen LogP contribution is 2.23. The van der Waals surface area contributed by atoms with E-state index in [1.165, 1.54) is 11.1 Å². The minimum atomic E-state index is 0.443. The number of furan rings is 1. The van der Waals surface area contributed by atoms with Gasteiger partial charge in [0.2, 0.25) is 0 Å². The lowest BCUT2D eigenvalue weighted by molar-refractivity contribution is 0.568. The minimum Gasteiger partial charge on any atom is -0.472 e. The summed E-state index contributed by atoms with van der Waals surface area (Å²) < 4.78 is 5.08. The van der Waals surface area contributed by atoms with Crippen molar-refractivity contribution in [2.24, 2.45) is 0 Å². The van der Waals surface area contributed by atoms with Gasteiger partial charge in [0.05, 0.1) is 12.5 Å². The summed E-state index contributed by atoms with van der Waals surface area (Å²) >= 11 is 0. The third-order valence-corrected chi connectivity index (χ3v) is 2.92. The maximum absolute atomic E-state index is 5.08. The van der Waals surface area contributed by atoms with Crippen molar-refractivity contribution in [2.75, 3.05) is 7.05 Å². The molecule has 0 amide bonds. The first-order chi connectivity index (χ1) is 7.85. The molecule has 0 aliphatic rings. The summed E-state index contributed by atoms with van der Waals surface area (Å²) in [6.45, 7) is 2.19. The first-order valence-corrected chi connectivity index (χ1v) is 5.65. The molecule has 1 unspecified atom stereocenters. The van der Waals surface area contributed by atoms with E-state index in [1.807, 2.05) is 13.1 Å². The maximum atomic E-state index is 5.08. The number of rotatable bonds is 4. The highest BCUT2D eigenvalue weighted by Gasteiger charge is 2.06. The molecule has 2 heteroatoms. The van der Waals surface area contributed by atoms with Gasteiger partial charge < -0.3 is 9.73 Å². The zero-order valence-corrected chi connectivity index (χ0v) is 9.73. The van der Waals surface area contributed by atoms with Crippen molar-refractivity contribution < 1.29 is 4.42 Å². The lowest BCUT2D eigenvalue weighted by atomic mass is 10.0. The third kappa shape index (κ3) is 2.17. The Morgan fingerprint density at radius 2 is 1.88 bits per heavy atom. The Bertz CT molecular complexity index is 413. The van der Waals surface area contributed by atoms with Crippen LogP contribution in [0.3, 0.4) is 0 Å². The topological polar surface area (TPSA) is 25.2 Å². The summed E-state index contributed by atoms with van der Waals surface area (Å²) in [6, 6.07) is 11.0. The van der Waals surface area contributed by atoms with Crippen LogP contribution in [0, 0.1) is 0 Å². The first-order valence-electron chi connectivity index (χ1n) is 5.65. The summed E-state index contributed by atoms with van der Waals surface area (Å²) in [5.41, 5.74) is 3.66. The Balaban J connectivity index is 2.22. The molecule has 0 saturated carbocycles. The first kappa shape index (κ1) is 11.0. The van der Waals surface area contributed by atoms with Gasteiger partial charge in [0.1, 0.15) is 0 Å². The highest BCUT2D eigenvalue weighted by atomic mass is 16.3. The van der Waals surface area contributed by atoms with Crippen LogP contribution in [0.1, 0.15) is 24.9 Å². The largest absolute Gasteiger partial charge is 0.472 e. The van der Waals surface area contributed by atoms with Gasteiger partial charge in [0.25, 0.3) is 0 Å². The van der Waals surface area contributed by atoms with Gasteiger partial charge in [-0.2, -0.15) is 0 Å². The second-order valence-electron chi connectivity index (χ2n) is 3.88. The Morgan fingerprint density at radius 3 is 2.38 bits per heavy atom. The molecule has 0 spiro atoms. The molecule has 16 heavy (non-hydrogen) atoms. The zero-order valence-electron chi connectivity index (χ0n) is 9.73. The molecular weight excluding hydrogens is 198 g/mol. The van der Waals surface area contributed by atoms with Crippen LogP contribution in [-0.4, -0.2) is 7.05 Å². The second-order valence-corrected chi connectivity index (χ2v) is 3.88. The average Bonchev–Trinajstić information content (AvgIpc) is 2.85. The van der Waals surface area contributed by atoms with Gasteiger partial charge in [-0.3, -0.25) is 0 Å². The Labute approximate surface area is 96.3 Å². The third-order valence-electron chi connectivity index (χ3n) is 2.92. The Morgan fingerprint density at radius 1 is 1.12 bits per heavy atom. The SMILES string of the molecule is CCC(NC)c1ccc(-c2ccoc2)cc1. The monoisotopic (exact) mass is 215 g/mol. The van der Waals surface area contributed by atoms with Gasteiger partial charge in [-0.15, -0.1) is 0 Å². The molecule has 84 valence electrons. The van der Waals surface area contributed by atoms with Gasteiger partial charge >= 0.3 is 0 Å². The summed E-state index contributed by atoms with van der Waals surface area (Å²) in [6.07, 6.45) is 4.57. The molecule has 2 nitrogen and oxygen atoms in total. The molecule has 0 aliphatic carbocycles. The summed E-state index contributed by atoms with van der Waals surface area (Å²) in [5, 5.41) is 3.30. The van der Waals surface area contributed by atoms with Crippen molar-refractivity contribution in [3.8, 4) is 11.1 Å². The van der Waals surface area contributed by atoms with Crippen molar-refractivity contribution in [1.29, 1.82) is 0 Å². The van der Waals surface area contributed by atoms with E-state index in [4.69, 9.17) is 4.42 Å². The molecule has 0 aliphatic heterocycles. The van der Waals surface area contributed by atoms with Crippen LogP contribution in [-0.2, 0) is 0 Å². The van der Waals surface area contributed by atoms with Crippen LogP contribution < -0.4 is 5.32 Å². The van der Waals surface area contributed by atoms with Crippen molar-refractivity contribution in [1.82, 2.24) is 5.32 Å². The molecular formula is C14H17NO. The maximum Gasteiger partial charge on any atom is 0.0980 e. The van der Waals surface area contributed by atoms with Gasteiger partial charge in [-0.05, 0) is 30.7 Å². The summed E-state index contributed by atoms with van der Waals surface area (Å²) in [4.78, 5) is 0. The van der Waals surface area contributed by atoms with E-state index in [0.717, 1.165) is 12.0 Å². The standard InChI is InChI=1S/C14H17NO/c1-3-14(15-2)12-6-4-11(5-7-12)13-8-9-16-10-13/h4-10,14-15H,3H2,1-2H3. The number of hydrogen-bond acceptors (Lipinski definition) is 2. The lowest BCUT2D eigenvalue weighted by Gasteiger charge is -2.14. The second kappa shape index (κ2) is 4.99. The minimum absolute atomic E-state index is 0.443. The smallest absolute Gasteiger partial charge is 0.0980 e. The fraction of sp³-hybridized carbons (Fsp3) is 0.286. The molecule has 2 aromatic rings. The van der Waals surface area contributed by atoms with Crippen LogP contribution in [0.2, 0.25) is 0 Å². The molecule has 0 fully saturated rings. The van der Waals surface area contributed by atoms with Crippen molar-refractivity contribution >= 4 is 0 Å². The van der Waals surface area contributed by atoms with Gasteiger partial charge in [0, 0.05) is 11.6 Å². The predicted molar refractivity (Wildman–Crippen MR) is 66.2 cm³/mol. The Hall–Kier alpha value is -1.54. The molecule has 0 radical (unpaired) electrons. The molecule has 1 aromatic heterocycles. The van der Waals surface area contributed by atoms with Crippen LogP contribution in [0.5, 0.6) is 0 Å². The normalized spacial score (nSPS) is 12.6. The quantitative estimate of drug-likeness (QED) is 0.842. The van der Waals surface area contributed by atoms with E-state index < -0.39 is 0 Å². The fourth-order valence-electron chi connectivity index (χ4n) is 1.94. The van der Waals surface area contributed by atoms with Crippen molar-refractivity contribution in [2.45, 2.75) is 19.4 Å². The predicted octanol–water partition coefficient (Wildman–Crippen LogP) is 3.62. The lowest BCUT2D eigenvalue weighted by Crippen LogP contribution is -2.14. The van der Waals surface area contributed by atoms with E-state index in [-0.39, 0.29) is 0 Å². The molecule has 0 bridgehead atoms. The fourth-order valence-corrected chi connectivity index (χ4v) is 1.94. The van der Waals surface area contributed by atoms with Gasteiger partial charge in [-0.1, -0.05) is 31.2 Å². The summed E-state index contributed by atoms with van der Waals surface area (Å²) in [5.74, 6) is 0. The number of nitrogens with one attached hydrogen (secondary N) is 1. The number of hydrogen-bond donors (Lipinski definition) is 1. The van der Waals surface area contributed by atoms with Gasteiger partial charge in [0.15, 0.2) is 0 Å². The summed E-state index contributed by atoms with van der Waals surface area (Å²) in [7, 11) is 2.00. The molecule has 2 rings (SSSR count). The molecule has 1 atom stereocenters. The van der Waals surface area contributed by atoms with Crippen LogP contribution >= 0.6 is 0 Å². The van der Waals surface area contributed by atoms with Gasteiger partial charge in [-0.25, -0.2) is 0 Å². The van der Waals surface area contributed by atoms with E-state index in [9.17, 15) is 0 Å². The average molecular weight is 215 g/mol. The Kier molecular flexibility index (Phi) is 3.42. The zero-order chi connectivity index (χ0) is 11.4. The van der Waals surface area contributed by atoms with Crippen molar-refractivity contribution in [3.05, 3.63) is 48.4 Å².